The summed E-state index contributed by atoms with van der Waals surface area (Å²) in [5, 5.41) is 8.78. The van der Waals surface area contributed by atoms with Gasteiger partial charge in [0, 0.05) is 0 Å². The number of hydrogen-bond donors (Lipinski definition) is 2. The molecule has 1 aliphatic carbocycles. The zero-order valence-electron chi connectivity index (χ0n) is 15.8. The normalized spacial score (nSPS) is 14.7. The zero-order valence-corrected chi connectivity index (χ0v) is 15.8. The Kier molecular flexibility index (Phi) is 5.95. The van der Waals surface area contributed by atoms with Crippen LogP contribution in [0.5, 0.6) is 5.75 Å². The van der Waals surface area contributed by atoms with E-state index >= 15 is 0 Å². The van der Waals surface area contributed by atoms with Crippen molar-refractivity contribution >= 4 is 11.8 Å². The van der Waals surface area contributed by atoms with Crippen LogP contribution < -0.4 is 15.6 Å². The molecule has 0 spiro atoms. The Morgan fingerprint density at radius 2 is 1.82 bits per heavy atom. The highest BCUT2D eigenvalue weighted by atomic mass is 16.5. The summed E-state index contributed by atoms with van der Waals surface area (Å²) in [6.07, 6.45) is 3.49. The van der Waals surface area contributed by atoms with Crippen LogP contribution in [0.4, 0.5) is 0 Å². The quantitative estimate of drug-likeness (QED) is 0.784. The largest absolute Gasteiger partial charge is 0.484 e. The van der Waals surface area contributed by atoms with Crippen LogP contribution in [-0.2, 0) is 15.0 Å². The molecule has 28 heavy (non-hydrogen) atoms. The number of carbonyl (C=O) groups excluding carboxylic acids is 2. The van der Waals surface area contributed by atoms with Crippen molar-refractivity contribution in [2.24, 2.45) is 0 Å². The fourth-order valence-electron chi connectivity index (χ4n) is 3.62. The van der Waals surface area contributed by atoms with Gasteiger partial charge in [-0.1, -0.05) is 42.7 Å². The second-order valence-corrected chi connectivity index (χ2v) is 7.09. The summed E-state index contributed by atoms with van der Waals surface area (Å²) in [5.41, 5.74) is 7.03. The lowest BCUT2D eigenvalue weighted by molar-refractivity contribution is -0.133. The average molecular weight is 377 g/mol. The number of benzene rings is 2. The van der Waals surface area contributed by atoms with Gasteiger partial charge in [0.25, 0.3) is 5.91 Å². The summed E-state index contributed by atoms with van der Waals surface area (Å²) in [6.45, 7) is 1.77. The van der Waals surface area contributed by atoms with Crippen molar-refractivity contribution in [2.45, 2.75) is 38.0 Å². The summed E-state index contributed by atoms with van der Waals surface area (Å²) in [7, 11) is 0. The molecular formula is C22H23N3O3. The van der Waals surface area contributed by atoms with Gasteiger partial charge in [-0.05, 0) is 49.6 Å². The van der Waals surface area contributed by atoms with E-state index in [1.165, 1.54) is 0 Å². The molecule has 0 unspecified atom stereocenters. The van der Waals surface area contributed by atoms with Gasteiger partial charge in [-0.15, -0.1) is 0 Å². The van der Waals surface area contributed by atoms with Gasteiger partial charge in [0.05, 0.1) is 17.0 Å². The number of hydrogen-bond acceptors (Lipinski definition) is 4. The third kappa shape index (κ3) is 4.32. The van der Waals surface area contributed by atoms with Gasteiger partial charge >= 0.3 is 0 Å². The maximum absolute atomic E-state index is 12.9. The molecule has 1 fully saturated rings. The molecule has 0 atom stereocenters. The van der Waals surface area contributed by atoms with Crippen molar-refractivity contribution < 1.29 is 14.3 Å². The number of nitriles is 1. The number of aryl methyl sites for hydroxylation is 1. The Labute approximate surface area is 164 Å². The summed E-state index contributed by atoms with van der Waals surface area (Å²) >= 11 is 0. The van der Waals surface area contributed by atoms with Gasteiger partial charge < -0.3 is 4.74 Å². The number of ether oxygens (including phenoxy) is 1. The molecule has 0 heterocycles. The van der Waals surface area contributed by atoms with Gasteiger partial charge in [-0.2, -0.15) is 5.26 Å². The monoisotopic (exact) mass is 377 g/mol. The molecule has 6 heteroatoms. The molecule has 0 radical (unpaired) electrons. The average Bonchev–Trinajstić information content (AvgIpc) is 3.22. The van der Waals surface area contributed by atoms with Crippen LogP contribution in [-0.4, -0.2) is 18.4 Å². The van der Waals surface area contributed by atoms with Crippen LogP contribution in [0.3, 0.4) is 0 Å². The number of rotatable bonds is 5. The second kappa shape index (κ2) is 8.57. The SMILES string of the molecule is Cc1cccc(C2(C(=O)NNC(=O)COc3ccc(C#N)cc3)CCCC2)c1. The first-order valence-corrected chi connectivity index (χ1v) is 9.33. The highest BCUT2D eigenvalue weighted by Crippen LogP contribution is 2.41. The number of amides is 2. The van der Waals surface area contributed by atoms with Crippen molar-refractivity contribution in [3.63, 3.8) is 0 Å². The van der Waals surface area contributed by atoms with E-state index in [1.807, 2.05) is 37.3 Å². The predicted molar refractivity (Wildman–Crippen MR) is 104 cm³/mol. The minimum Gasteiger partial charge on any atom is -0.484 e. The Hall–Kier alpha value is -3.33. The maximum Gasteiger partial charge on any atom is 0.276 e. The lowest BCUT2D eigenvalue weighted by atomic mass is 9.77. The van der Waals surface area contributed by atoms with E-state index in [2.05, 4.69) is 10.9 Å². The highest BCUT2D eigenvalue weighted by molar-refractivity contribution is 5.90. The number of nitrogens with zero attached hydrogens (tertiary/aromatic N) is 1. The topological polar surface area (TPSA) is 91.2 Å². The van der Waals surface area contributed by atoms with Crippen LogP contribution in [0.25, 0.3) is 0 Å². The minimum atomic E-state index is -0.604. The first kappa shape index (κ1) is 19.4. The fourth-order valence-corrected chi connectivity index (χ4v) is 3.62. The highest BCUT2D eigenvalue weighted by Gasteiger charge is 2.42. The van der Waals surface area contributed by atoms with Crippen molar-refractivity contribution in [3.05, 3.63) is 65.2 Å². The molecule has 0 aliphatic heterocycles. The van der Waals surface area contributed by atoms with E-state index in [0.29, 0.717) is 11.3 Å². The third-order valence-electron chi connectivity index (χ3n) is 5.13. The smallest absolute Gasteiger partial charge is 0.276 e. The first-order valence-electron chi connectivity index (χ1n) is 9.33. The molecule has 3 rings (SSSR count). The van der Waals surface area contributed by atoms with E-state index in [0.717, 1.165) is 36.8 Å². The fraction of sp³-hybridized carbons (Fsp3) is 0.318. The van der Waals surface area contributed by atoms with Crippen LogP contribution >= 0.6 is 0 Å². The number of carbonyl (C=O) groups is 2. The molecule has 1 saturated carbocycles. The summed E-state index contributed by atoms with van der Waals surface area (Å²) in [6, 6.07) is 16.5. The van der Waals surface area contributed by atoms with Gasteiger partial charge in [-0.25, -0.2) is 0 Å². The number of nitrogens with one attached hydrogen (secondary N) is 2. The summed E-state index contributed by atoms with van der Waals surface area (Å²) in [4.78, 5) is 25.0. The van der Waals surface area contributed by atoms with Crippen LogP contribution in [0.15, 0.2) is 48.5 Å². The van der Waals surface area contributed by atoms with Gasteiger partial charge in [0.2, 0.25) is 5.91 Å². The van der Waals surface area contributed by atoms with Gasteiger partial charge in [0.1, 0.15) is 5.75 Å². The molecule has 0 aromatic heterocycles. The van der Waals surface area contributed by atoms with Crippen molar-refractivity contribution in [3.8, 4) is 11.8 Å². The molecule has 144 valence electrons. The van der Waals surface area contributed by atoms with Crippen LogP contribution in [0.1, 0.15) is 42.4 Å². The summed E-state index contributed by atoms with van der Waals surface area (Å²) < 4.78 is 5.38. The van der Waals surface area contributed by atoms with Crippen molar-refractivity contribution in [1.29, 1.82) is 5.26 Å². The molecule has 2 amide bonds. The zero-order chi connectivity index (χ0) is 20.0. The molecule has 2 aromatic rings. The van der Waals surface area contributed by atoms with E-state index in [9.17, 15) is 9.59 Å². The second-order valence-electron chi connectivity index (χ2n) is 7.09. The lowest BCUT2D eigenvalue weighted by Crippen LogP contribution is -2.51. The van der Waals surface area contributed by atoms with Crippen LogP contribution in [0.2, 0.25) is 0 Å². The third-order valence-corrected chi connectivity index (χ3v) is 5.13. The Bertz CT molecular complexity index is 894. The molecule has 0 saturated heterocycles. The summed E-state index contributed by atoms with van der Waals surface area (Å²) in [5.74, 6) is -0.162. The lowest BCUT2D eigenvalue weighted by Gasteiger charge is -2.28. The van der Waals surface area contributed by atoms with E-state index in [-0.39, 0.29) is 12.5 Å². The molecule has 6 nitrogen and oxygen atoms in total. The van der Waals surface area contributed by atoms with E-state index in [4.69, 9.17) is 10.00 Å². The van der Waals surface area contributed by atoms with Crippen molar-refractivity contribution in [2.75, 3.05) is 6.61 Å². The van der Waals surface area contributed by atoms with Crippen molar-refractivity contribution in [1.82, 2.24) is 10.9 Å². The molecule has 2 aromatic carbocycles. The molecular weight excluding hydrogens is 354 g/mol. The molecule has 1 aliphatic rings. The molecule has 2 N–H and O–H groups in total. The van der Waals surface area contributed by atoms with Gasteiger partial charge in [0.15, 0.2) is 6.61 Å². The Morgan fingerprint density at radius 1 is 1.11 bits per heavy atom. The standard InChI is InChI=1S/C22H23N3O3/c1-16-5-4-6-18(13-16)22(11-2-3-12-22)21(27)25-24-20(26)15-28-19-9-7-17(14-23)8-10-19/h4-10,13H,2-3,11-12,15H2,1H3,(H,24,26)(H,25,27). The van der Waals surface area contributed by atoms with Gasteiger partial charge in [-0.3, -0.25) is 20.4 Å². The Balaban J connectivity index is 1.57. The van der Waals surface area contributed by atoms with E-state index < -0.39 is 11.3 Å². The van der Waals surface area contributed by atoms with Crippen LogP contribution in [0, 0.1) is 18.3 Å². The Morgan fingerprint density at radius 3 is 2.46 bits per heavy atom. The molecule has 0 bridgehead atoms. The first-order chi connectivity index (χ1) is 13.5. The minimum absolute atomic E-state index is 0.192. The maximum atomic E-state index is 12.9. The van der Waals surface area contributed by atoms with E-state index in [1.54, 1.807) is 24.3 Å². The number of hydrazine groups is 1. The predicted octanol–water partition coefficient (Wildman–Crippen LogP) is 2.90.